The molecule has 0 bridgehead atoms. The number of aromatic nitrogens is 2. The molecule has 0 N–H and O–H groups in total. The minimum Gasteiger partial charge on any atom is -0.353 e. The number of anilines is 1. The van der Waals surface area contributed by atoms with Gasteiger partial charge in [-0.3, -0.25) is 0 Å². The molecule has 2 aliphatic rings. The summed E-state index contributed by atoms with van der Waals surface area (Å²) in [7, 11) is -1.76. The molecule has 0 atom stereocenters. The molecule has 1 aromatic heterocycles. The Labute approximate surface area is 165 Å². The van der Waals surface area contributed by atoms with Crippen molar-refractivity contribution in [1.82, 2.24) is 18.6 Å². The van der Waals surface area contributed by atoms with Gasteiger partial charge in [-0.25, -0.2) is 14.4 Å². The Morgan fingerprint density at radius 2 is 1.79 bits per heavy atom. The molecule has 2 heterocycles. The van der Waals surface area contributed by atoms with E-state index in [9.17, 15) is 12.8 Å². The van der Waals surface area contributed by atoms with Crippen LogP contribution in [-0.4, -0.2) is 66.3 Å². The third kappa shape index (κ3) is 3.70. The van der Waals surface area contributed by atoms with E-state index in [1.807, 2.05) is 4.90 Å². The summed E-state index contributed by atoms with van der Waals surface area (Å²) >= 11 is 0. The molecule has 0 spiro atoms. The molecule has 1 saturated carbocycles. The van der Waals surface area contributed by atoms with Crippen LogP contribution in [0.3, 0.4) is 0 Å². The van der Waals surface area contributed by atoms with Crippen LogP contribution >= 0.6 is 0 Å². The topological polar surface area (TPSA) is 69.6 Å². The highest BCUT2D eigenvalue weighted by Crippen LogP contribution is 2.27. The highest BCUT2D eigenvalue weighted by Gasteiger charge is 2.35. The second-order valence-corrected chi connectivity index (χ2v) is 9.55. The van der Waals surface area contributed by atoms with E-state index in [2.05, 4.69) is 9.97 Å². The number of nitrogens with zero attached hydrogens (tertiary/aromatic N) is 5. The summed E-state index contributed by atoms with van der Waals surface area (Å²) in [5.41, 5.74) is 0.679. The Kier molecular flexibility index (Phi) is 5.48. The van der Waals surface area contributed by atoms with Crippen molar-refractivity contribution < 1.29 is 12.8 Å². The van der Waals surface area contributed by atoms with E-state index in [0.717, 1.165) is 25.7 Å². The Morgan fingerprint density at radius 3 is 2.50 bits per heavy atom. The first kappa shape index (κ1) is 19.5. The summed E-state index contributed by atoms with van der Waals surface area (Å²) in [5, 5.41) is 0.651. The van der Waals surface area contributed by atoms with E-state index in [0.29, 0.717) is 42.9 Å². The van der Waals surface area contributed by atoms with E-state index >= 15 is 0 Å². The predicted octanol–water partition coefficient (Wildman–Crippen LogP) is 2.40. The fourth-order valence-electron chi connectivity index (χ4n) is 4.21. The molecular weight excluding hydrogens is 381 g/mol. The van der Waals surface area contributed by atoms with Gasteiger partial charge in [0.2, 0.25) is 0 Å². The van der Waals surface area contributed by atoms with Crippen molar-refractivity contribution in [2.75, 3.05) is 38.1 Å². The van der Waals surface area contributed by atoms with E-state index in [-0.39, 0.29) is 11.9 Å². The molecule has 1 aromatic carbocycles. The number of halogens is 1. The van der Waals surface area contributed by atoms with Gasteiger partial charge in [0.15, 0.2) is 0 Å². The van der Waals surface area contributed by atoms with Crippen molar-refractivity contribution in [3.8, 4) is 0 Å². The Hall–Kier alpha value is -1.84. The molecule has 28 heavy (non-hydrogen) atoms. The zero-order valence-electron chi connectivity index (χ0n) is 16.1. The van der Waals surface area contributed by atoms with Gasteiger partial charge in [-0.05, 0) is 31.0 Å². The summed E-state index contributed by atoms with van der Waals surface area (Å²) in [6, 6.07) is 4.55. The number of hydrogen-bond acceptors (Lipinski definition) is 5. The maximum atomic E-state index is 13.7. The lowest BCUT2D eigenvalue weighted by atomic mass is 9.96. The van der Waals surface area contributed by atoms with Crippen molar-refractivity contribution >= 4 is 26.9 Å². The lowest BCUT2D eigenvalue weighted by molar-refractivity contribution is 0.259. The van der Waals surface area contributed by atoms with Crippen LogP contribution < -0.4 is 4.90 Å². The van der Waals surface area contributed by atoms with Crippen LogP contribution in [0, 0.1) is 5.82 Å². The zero-order chi connectivity index (χ0) is 19.7. The monoisotopic (exact) mass is 407 g/mol. The molecule has 0 radical (unpaired) electrons. The largest absolute Gasteiger partial charge is 0.353 e. The first-order valence-electron chi connectivity index (χ1n) is 9.85. The predicted molar refractivity (Wildman–Crippen MR) is 107 cm³/mol. The maximum Gasteiger partial charge on any atom is 0.282 e. The van der Waals surface area contributed by atoms with Crippen molar-refractivity contribution in [2.45, 2.75) is 38.1 Å². The number of fused-ring (bicyclic) bond motifs is 1. The Balaban J connectivity index is 1.48. The SMILES string of the molecule is CN(C1CCCCC1)S(=O)(=O)N1CCN(c2ncnc3ccc(F)cc23)CC1. The van der Waals surface area contributed by atoms with E-state index in [4.69, 9.17) is 0 Å². The van der Waals surface area contributed by atoms with Crippen molar-refractivity contribution in [3.63, 3.8) is 0 Å². The number of rotatable bonds is 4. The minimum absolute atomic E-state index is 0.102. The van der Waals surface area contributed by atoms with Crippen LogP contribution in [0.15, 0.2) is 24.5 Å². The van der Waals surface area contributed by atoms with Gasteiger partial charge >= 0.3 is 0 Å². The van der Waals surface area contributed by atoms with Crippen LogP contribution in [0.5, 0.6) is 0 Å². The molecule has 1 saturated heterocycles. The van der Waals surface area contributed by atoms with Gasteiger partial charge in [0.05, 0.1) is 5.52 Å². The molecule has 152 valence electrons. The zero-order valence-corrected chi connectivity index (χ0v) is 16.9. The van der Waals surface area contributed by atoms with Crippen LogP contribution in [0.25, 0.3) is 10.9 Å². The summed E-state index contributed by atoms with van der Waals surface area (Å²) in [6.07, 6.45) is 6.72. The average Bonchev–Trinajstić information content (AvgIpc) is 2.73. The van der Waals surface area contributed by atoms with E-state index in [1.165, 1.54) is 24.9 Å². The lowest BCUT2D eigenvalue weighted by Gasteiger charge is -2.39. The Bertz CT molecular complexity index is 940. The van der Waals surface area contributed by atoms with Gasteiger partial charge in [-0.2, -0.15) is 17.0 Å². The van der Waals surface area contributed by atoms with Crippen molar-refractivity contribution in [2.24, 2.45) is 0 Å². The van der Waals surface area contributed by atoms with Gasteiger partial charge in [-0.1, -0.05) is 19.3 Å². The van der Waals surface area contributed by atoms with E-state index < -0.39 is 10.2 Å². The molecule has 0 unspecified atom stereocenters. The second kappa shape index (κ2) is 7.88. The fourth-order valence-corrected chi connectivity index (χ4v) is 5.79. The van der Waals surface area contributed by atoms with Crippen LogP contribution in [0.2, 0.25) is 0 Å². The molecule has 2 fully saturated rings. The first-order valence-corrected chi connectivity index (χ1v) is 11.2. The number of hydrogen-bond donors (Lipinski definition) is 0. The second-order valence-electron chi connectivity index (χ2n) is 7.56. The molecule has 0 amide bonds. The quantitative estimate of drug-likeness (QED) is 0.778. The Morgan fingerprint density at radius 1 is 1.07 bits per heavy atom. The third-order valence-electron chi connectivity index (χ3n) is 5.89. The number of piperazine rings is 1. The average molecular weight is 408 g/mol. The van der Waals surface area contributed by atoms with Gasteiger partial charge in [-0.15, -0.1) is 0 Å². The van der Waals surface area contributed by atoms with Gasteiger partial charge in [0, 0.05) is 44.7 Å². The van der Waals surface area contributed by atoms with Gasteiger partial charge in [0.1, 0.15) is 18.0 Å². The molecule has 9 heteroatoms. The van der Waals surface area contributed by atoms with Gasteiger partial charge < -0.3 is 4.90 Å². The smallest absolute Gasteiger partial charge is 0.282 e. The standard InChI is InChI=1S/C19H26FN5O2S/c1-23(16-5-3-2-4-6-16)28(26,27)25-11-9-24(10-12-25)19-17-13-15(20)7-8-18(17)21-14-22-19/h7-8,13-14,16H,2-6,9-12H2,1H3. The van der Waals surface area contributed by atoms with E-state index in [1.54, 1.807) is 21.7 Å². The summed E-state index contributed by atoms with van der Waals surface area (Å²) in [6.45, 7) is 1.81. The highest BCUT2D eigenvalue weighted by molar-refractivity contribution is 7.86. The lowest BCUT2D eigenvalue weighted by Crippen LogP contribution is -2.54. The van der Waals surface area contributed by atoms with Crippen LogP contribution in [0.1, 0.15) is 32.1 Å². The van der Waals surface area contributed by atoms with Crippen molar-refractivity contribution in [3.05, 3.63) is 30.3 Å². The summed E-state index contributed by atoms with van der Waals surface area (Å²) < 4.78 is 42.9. The number of benzene rings is 1. The van der Waals surface area contributed by atoms with Crippen LogP contribution in [-0.2, 0) is 10.2 Å². The molecular formula is C19H26FN5O2S. The molecule has 4 rings (SSSR count). The highest BCUT2D eigenvalue weighted by atomic mass is 32.2. The third-order valence-corrected chi connectivity index (χ3v) is 7.94. The molecule has 7 nitrogen and oxygen atoms in total. The normalized spacial score (nSPS) is 20.2. The first-order chi connectivity index (χ1) is 13.5. The molecule has 1 aliphatic heterocycles. The molecule has 2 aromatic rings. The minimum atomic E-state index is -3.47. The maximum absolute atomic E-state index is 13.7. The van der Waals surface area contributed by atoms with Crippen LogP contribution in [0.4, 0.5) is 10.2 Å². The summed E-state index contributed by atoms with van der Waals surface area (Å²) in [5.74, 6) is 0.320. The fraction of sp³-hybridized carbons (Fsp3) is 0.579. The summed E-state index contributed by atoms with van der Waals surface area (Å²) in [4.78, 5) is 10.5. The van der Waals surface area contributed by atoms with Crippen molar-refractivity contribution in [1.29, 1.82) is 0 Å². The van der Waals surface area contributed by atoms with Gasteiger partial charge in [0.25, 0.3) is 10.2 Å². The molecule has 1 aliphatic carbocycles.